The molecule has 2 aliphatic heterocycles. The lowest BCUT2D eigenvalue weighted by atomic mass is 10.0. The number of methoxy groups -OCH3 is 1. The molecular formula is C40H53N7O7. The fourth-order valence-corrected chi connectivity index (χ4v) is 6.42. The number of benzene rings is 2. The molecule has 3 aromatic rings. The third-order valence-corrected chi connectivity index (χ3v) is 9.56. The number of hydrogen-bond donors (Lipinski definition) is 4. The third-order valence-electron chi connectivity index (χ3n) is 9.56. The molecule has 2 aromatic carbocycles. The Morgan fingerprint density at radius 3 is 2.35 bits per heavy atom. The number of aromatic nitrogens is 2. The van der Waals surface area contributed by atoms with Crippen LogP contribution in [0.1, 0.15) is 68.4 Å². The molecule has 0 saturated heterocycles. The van der Waals surface area contributed by atoms with E-state index in [4.69, 9.17) is 9.47 Å². The van der Waals surface area contributed by atoms with Gasteiger partial charge >= 0.3 is 0 Å². The maximum atomic E-state index is 14.2. The molecule has 1 aliphatic carbocycles. The monoisotopic (exact) mass is 743 g/mol. The number of nitrogens with zero attached hydrogens (tertiary/aromatic N) is 3. The van der Waals surface area contributed by atoms with Crippen molar-refractivity contribution in [3.8, 4) is 11.5 Å². The first-order chi connectivity index (χ1) is 25.9. The molecule has 1 fully saturated rings. The van der Waals surface area contributed by atoms with Gasteiger partial charge in [0.25, 0.3) is 5.91 Å². The molecule has 5 amide bonds. The molecule has 0 unspecified atom stereocenters. The Balaban J connectivity index is 1.47. The molecule has 1 saturated carbocycles. The van der Waals surface area contributed by atoms with Gasteiger partial charge in [0.1, 0.15) is 36.2 Å². The number of rotatable bonds is 10. The van der Waals surface area contributed by atoms with Crippen molar-refractivity contribution >= 4 is 29.5 Å². The van der Waals surface area contributed by atoms with Crippen molar-refractivity contribution in [3.63, 3.8) is 0 Å². The highest BCUT2D eigenvalue weighted by Crippen LogP contribution is 2.30. The Morgan fingerprint density at radius 1 is 1.00 bits per heavy atom. The van der Waals surface area contributed by atoms with E-state index in [1.165, 1.54) is 11.1 Å². The van der Waals surface area contributed by atoms with Crippen LogP contribution in [-0.4, -0.2) is 95.2 Å². The highest BCUT2D eigenvalue weighted by Gasteiger charge is 2.34. The van der Waals surface area contributed by atoms with Crippen LogP contribution >= 0.6 is 0 Å². The number of ether oxygens (including phenoxy) is 2. The predicted molar refractivity (Wildman–Crippen MR) is 202 cm³/mol. The topological polar surface area (TPSA) is 173 Å². The summed E-state index contributed by atoms with van der Waals surface area (Å²) in [5.74, 6) is -0.606. The van der Waals surface area contributed by atoms with Crippen LogP contribution in [0.5, 0.6) is 11.5 Å². The van der Waals surface area contributed by atoms with Gasteiger partial charge in [-0.05, 0) is 80.3 Å². The highest BCUT2D eigenvalue weighted by molar-refractivity contribution is 5.98. The van der Waals surface area contributed by atoms with Crippen LogP contribution in [0.25, 0.3) is 0 Å². The van der Waals surface area contributed by atoms with Crippen molar-refractivity contribution in [1.29, 1.82) is 0 Å². The molecule has 1 aromatic heterocycles. The van der Waals surface area contributed by atoms with E-state index in [2.05, 4.69) is 40.2 Å². The van der Waals surface area contributed by atoms with Gasteiger partial charge in [-0.3, -0.25) is 28.7 Å². The third kappa shape index (κ3) is 11.5. The van der Waals surface area contributed by atoms with E-state index in [0.29, 0.717) is 42.5 Å². The Hall–Kier alpha value is -5.40. The van der Waals surface area contributed by atoms with Crippen molar-refractivity contribution in [2.24, 2.45) is 11.8 Å². The van der Waals surface area contributed by atoms with E-state index in [1.54, 1.807) is 61.3 Å². The van der Waals surface area contributed by atoms with E-state index >= 15 is 0 Å². The molecule has 0 radical (unpaired) electrons. The summed E-state index contributed by atoms with van der Waals surface area (Å²) in [6, 6.07) is 10.8. The largest absolute Gasteiger partial charge is 0.497 e. The van der Waals surface area contributed by atoms with E-state index < -0.39 is 41.8 Å². The lowest BCUT2D eigenvalue weighted by Gasteiger charge is -2.29. The standard InChI is InChI=1S/C40H53N7O7/c1-6-47-22-30(20-41-47)37(49)44-35-19-28-11-15-33(16-12-28)54-24-31(17-25(2)3)43-36(48)23-46(21-29-7-8-29)40(52)26(4)42-38(50)34(45-39(35)51)18-27-9-13-32(53-5)14-10-27/h9-16,20,22,25-26,29,31,34-35H,6-8,17-19,21,23-24H2,1-5H3,(H,42,50)(H,43,48)(H,44,49)(H,45,51)/t26-,31+,34+,35+/m1/s1. The number of aryl methyl sites for hydroxylation is 1. The Morgan fingerprint density at radius 2 is 1.72 bits per heavy atom. The summed E-state index contributed by atoms with van der Waals surface area (Å²) >= 11 is 0. The molecule has 3 heterocycles. The summed E-state index contributed by atoms with van der Waals surface area (Å²) in [6.07, 6.45) is 5.82. The SMILES string of the molecule is CCn1cc(C(=O)N[C@H]2Cc3ccc(cc3)OC[C@H](CC(C)C)NC(=O)CN(CC3CC3)C(=O)[C@@H](C)NC(=O)[C@H](Cc3ccc(OC)cc3)NC2=O)cn1. The lowest BCUT2D eigenvalue weighted by molar-refractivity contribution is -0.140. The van der Waals surface area contributed by atoms with Crippen LogP contribution in [-0.2, 0) is 38.6 Å². The number of carbonyl (C=O) groups is 5. The minimum absolute atomic E-state index is 0.0872. The molecule has 4 N–H and O–H groups in total. The van der Waals surface area contributed by atoms with Crippen molar-refractivity contribution in [1.82, 2.24) is 35.9 Å². The lowest BCUT2D eigenvalue weighted by Crippen LogP contribution is -2.58. The number of nitrogens with one attached hydrogen (secondary N) is 4. The van der Waals surface area contributed by atoms with Gasteiger partial charge in [0, 0.05) is 32.1 Å². The van der Waals surface area contributed by atoms with Crippen LogP contribution in [0.15, 0.2) is 60.9 Å². The molecule has 14 heteroatoms. The van der Waals surface area contributed by atoms with Gasteiger partial charge in [-0.25, -0.2) is 0 Å². The van der Waals surface area contributed by atoms with Crippen molar-refractivity contribution in [2.45, 2.75) is 90.5 Å². The molecule has 3 aliphatic rings. The van der Waals surface area contributed by atoms with E-state index in [1.807, 2.05) is 19.1 Å². The summed E-state index contributed by atoms with van der Waals surface area (Å²) in [6.45, 7) is 8.62. The maximum Gasteiger partial charge on any atom is 0.255 e. The quantitative estimate of drug-likeness (QED) is 0.230. The molecular weight excluding hydrogens is 690 g/mol. The number of amides is 5. The van der Waals surface area contributed by atoms with E-state index in [-0.39, 0.29) is 43.9 Å². The van der Waals surface area contributed by atoms with Gasteiger partial charge in [0.2, 0.25) is 23.6 Å². The van der Waals surface area contributed by atoms with Gasteiger partial charge < -0.3 is 35.6 Å². The summed E-state index contributed by atoms with van der Waals surface area (Å²) in [5.41, 5.74) is 1.76. The van der Waals surface area contributed by atoms with Gasteiger partial charge in [0.15, 0.2) is 0 Å². The number of hydrogen-bond acceptors (Lipinski definition) is 8. The molecule has 2 bridgehead atoms. The average Bonchev–Trinajstić information content (AvgIpc) is 3.84. The molecule has 6 rings (SSSR count). The van der Waals surface area contributed by atoms with Crippen LogP contribution in [0.2, 0.25) is 0 Å². The Kier molecular flexibility index (Phi) is 13.7. The Bertz CT molecular complexity index is 1750. The van der Waals surface area contributed by atoms with Crippen molar-refractivity contribution in [2.75, 3.05) is 26.8 Å². The zero-order valence-corrected chi connectivity index (χ0v) is 31.8. The Labute approximate surface area is 316 Å². The number of fused-ring (bicyclic) bond motifs is 17. The molecule has 4 atom stereocenters. The normalized spacial score (nSPS) is 21.9. The first-order valence-corrected chi connectivity index (χ1v) is 18.8. The molecule has 54 heavy (non-hydrogen) atoms. The van der Waals surface area contributed by atoms with Gasteiger partial charge in [-0.2, -0.15) is 5.10 Å². The average molecular weight is 744 g/mol. The smallest absolute Gasteiger partial charge is 0.255 e. The van der Waals surface area contributed by atoms with Crippen LogP contribution in [0, 0.1) is 11.8 Å². The molecule has 14 nitrogen and oxygen atoms in total. The van der Waals surface area contributed by atoms with Crippen LogP contribution in [0.4, 0.5) is 0 Å². The predicted octanol–water partition coefficient (Wildman–Crippen LogP) is 2.65. The molecule has 0 spiro atoms. The van der Waals surface area contributed by atoms with Crippen molar-refractivity contribution < 1.29 is 33.4 Å². The maximum absolute atomic E-state index is 14.2. The highest BCUT2D eigenvalue weighted by atomic mass is 16.5. The second-order valence-electron chi connectivity index (χ2n) is 14.7. The first kappa shape index (κ1) is 39.8. The van der Waals surface area contributed by atoms with Crippen molar-refractivity contribution in [3.05, 3.63) is 77.6 Å². The van der Waals surface area contributed by atoms with Crippen LogP contribution < -0.4 is 30.7 Å². The summed E-state index contributed by atoms with van der Waals surface area (Å²) in [7, 11) is 1.55. The van der Waals surface area contributed by atoms with Crippen LogP contribution in [0.3, 0.4) is 0 Å². The number of carbonyl (C=O) groups excluding carboxylic acids is 5. The van der Waals surface area contributed by atoms with Gasteiger partial charge in [-0.15, -0.1) is 0 Å². The second-order valence-corrected chi connectivity index (χ2v) is 14.7. The van der Waals surface area contributed by atoms with Gasteiger partial charge in [0.05, 0.1) is 31.5 Å². The molecule has 290 valence electrons. The summed E-state index contributed by atoms with van der Waals surface area (Å²) in [4.78, 5) is 70.4. The summed E-state index contributed by atoms with van der Waals surface area (Å²) in [5, 5.41) is 15.8. The first-order valence-electron chi connectivity index (χ1n) is 18.8. The van der Waals surface area contributed by atoms with E-state index in [9.17, 15) is 24.0 Å². The summed E-state index contributed by atoms with van der Waals surface area (Å²) < 4.78 is 13.0. The minimum Gasteiger partial charge on any atom is -0.497 e. The second kappa shape index (κ2) is 18.6. The zero-order valence-electron chi connectivity index (χ0n) is 31.8. The zero-order chi connectivity index (χ0) is 38.8. The minimum atomic E-state index is -1.12. The fourth-order valence-electron chi connectivity index (χ4n) is 6.42. The van der Waals surface area contributed by atoms with Gasteiger partial charge in [-0.1, -0.05) is 38.1 Å². The fraction of sp³-hybridized carbons (Fsp3) is 0.500. The van der Waals surface area contributed by atoms with E-state index in [0.717, 1.165) is 24.0 Å².